The minimum Gasteiger partial charge on any atom is -0.374 e. The van der Waals surface area contributed by atoms with Crippen molar-refractivity contribution in [1.82, 2.24) is 15.1 Å². The Bertz CT molecular complexity index is 270. The fraction of sp³-hybridized carbons (Fsp3) is 0.700. The summed E-state index contributed by atoms with van der Waals surface area (Å²) in [5.74, 6) is 0. The van der Waals surface area contributed by atoms with Crippen molar-refractivity contribution in [3.8, 4) is 0 Å². The average Bonchev–Trinajstić information content (AvgIpc) is 2.54. The number of hydrogen-bond acceptors (Lipinski definition) is 3. The fourth-order valence-electron chi connectivity index (χ4n) is 1.23. The first-order chi connectivity index (χ1) is 6.77. The molecule has 4 nitrogen and oxygen atoms in total. The van der Waals surface area contributed by atoms with E-state index in [9.17, 15) is 0 Å². The number of likely N-dealkylation sites (N-methyl/N-ethyl adjacent to an activating group) is 1. The van der Waals surface area contributed by atoms with E-state index in [1.165, 1.54) is 0 Å². The molecule has 14 heavy (non-hydrogen) atoms. The Morgan fingerprint density at radius 1 is 1.57 bits per heavy atom. The minimum absolute atomic E-state index is 0.644. The summed E-state index contributed by atoms with van der Waals surface area (Å²) >= 11 is 0. The van der Waals surface area contributed by atoms with Crippen molar-refractivity contribution in [3.63, 3.8) is 0 Å². The SMILES string of the molecule is CCc1cc(COCCNC)n(C)n1. The van der Waals surface area contributed by atoms with E-state index in [-0.39, 0.29) is 0 Å². The molecule has 0 amide bonds. The van der Waals surface area contributed by atoms with Crippen LogP contribution < -0.4 is 5.32 Å². The number of aryl methyl sites for hydroxylation is 2. The maximum absolute atomic E-state index is 5.48. The van der Waals surface area contributed by atoms with Crippen molar-refractivity contribution in [2.24, 2.45) is 7.05 Å². The summed E-state index contributed by atoms with van der Waals surface area (Å²) in [6.45, 7) is 4.38. The van der Waals surface area contributed by atoms with Crippen LogP contribution in [0.2, 0.25) is 0 Å². The Kier molecular flexibility index (Phi) is 4.62. The summed E-state index contributed by atoms with van der Waals surface area (Å²) in [5, 5.41) is 7.39. The zero-order chi connectivity index (χ0) is 10.4. The second kappa shape index (κ2) is 5.78. The maximum Gasteiger partial charge on any atom is 0.0885 e. The van der Waals surface area contributed by atoms with Crippen LogP contribution in [0.3, 0.4) is 0 Å². The lowest BCUT2D eigenvalue weighted by atomic mass is 10.3. The number of hydrogen-bond donors (Lipinski definition) is 1. The van der Waals surface area contributed by atoms with E-state index < -0.39 is 0 Å². The van der Waals surface area contributed by atoms with Crippen LogP contribution in [0.1, 0.15) is 18.3 Å². The summed E-state index contributed by atoms with van der Waals surface area (Å²) in [4.78, 5) is 0. The van der Waals surface area contributed by atoms with Crippen LogP contribution in [0.15, 0.2) is 6.07 Å². The summed E-state index contributed by atoms with van der Waals surface area (Å²) < 4.78 is 7.36. The molecule has 80 valence electrons. The van der Waals surface area contributed by atoms with Crippen LogP contribution in [-0.2, 0) is 24.8 Å². The maximum atomic E-state index is 5.48. The lowest BCUT2D eigenvalue weighted by Gasteiger charge is -2.03. The van der Waals surface area contributed by atoms with Gasteiger partial charge in [0.05, 0.1) is 24.6 Å². The number of aromatic nitrogens is 2. The third-order valence-electron chi connectivity index (χ3n) is 2.14. The zero-order valence-electron chi connectivity index (χ0n) is 9.21. The first-order valence-electron chi connectivity index (χ1n) is 5.02. The van der Waals surface area contributed by atoms with E-state index in [0.29, 0.717) is 6.61 Å². The van der Waals surface area contributed by atoms with Gasteiger partial charge in [0.25, 0.3) is 0 Å². The molecular weight excluding hydrogens is 178 g/mol. The molecule has 0 aliphatic carbocycles. The molecule has 0 spiro atoms. The Hall–Kier alpha value is -0.870. The minimum atomic E-state index is 0.644. The number of rotatable bonds is 6. The molecule has 0 bridgehead atoms. The molecule has 0 unspecified atom stereocenters. The number of ether oxygens (including phenoxy) is 1. The van der Waals surface area contributed by atoms with Gasteiger partial charge in [0.2, 0.25) is 0 Å². The van der Waals surface area contributed by atoms with Crippen molar-refractivity contribution in [3.05, 3.63) is 17.5 Å². The standard InChI is InChI=1S/C10H19N3O/c1-4-9-7-10(13(3)12-9)8-14-6-5-11-2/h7,11H,4-6,8H2,1-3H3. The third-order valence-corrected chi connectivity index (χ3v) is 2.14. The second-order valence-electron chi connectivity index (χ2n) is 3.26. The molecule has 0 aliphatic heterocycles. The number of nitrogens with zero attached hydrogens (tertiary/aromatic N) is 2. The molecule has 0 fully saturated rings. The number of nitrogens with one attached hydrogen (secondary N) is 1. The summed E-state index contributed by atoms with van der Waals surface area (Å²) in [7, 11) is 3.87. The fourth-order valence-corrected chi connectivity index (χ4v) is 1.23. The molecule has 0 atom stereocenters. The van der Waals surface area contributed by atoms with Crippen molar-refractivity contribution in [2.75, 3.05) is 20.2 Å². The normalized spacial score (nSPS) is 10.8. The van der Waals surface area contributed by atoms with Gasteiger partial charge >= 0.3 is 0 Å². The van der Waals surface area contributed by atoms with Crippen LogP contribution in [0.5, 0.6) is 0 Å². The van der Waals surface area contributed by atoms with Gasteiger partial charge in [0.15, 0.2) is 0 Å². The van der Waals surface area contributed by atoms with Gasteiger partial charge < -0.3 is 10.1 Å². The first-order valence-corrected chi connectivity index (χ1v) is 5.02. The third kappa shape index (κ3) is 3.12. The molecule has 4 heteroatoms. The molecule has 0 saturated carbocycles. The molecule has 1 rings (SSSR count). The van der Waals surface area contributed by atoms with E-state index in [4.69, 9.17) is 4.74 Å². The lowest BCUT2D eigenvalue weighted by molar-refractivity contribution is 0.119. The second-order valence-corrected chi connectivity index (χ2v) is 3.26. The monoisotopic (exact) mass is 197 g/mol. The molecule has 1 aromatic rings. The van der Waals surface area contributed by atoms with Crippen molar-refractivity contribution >= 4 is 0 Å². The molecule has 1 aromatic heterocycles. The van der Waals surface area contributed by atoms with Crippen molar-refractivity contribution in [1.29, 1.82) is 0 Å². The van der Waals surface area contributed by atoms with Gasteiger partial charge in [-0.25, -0.2) is 0 Å². The quantitative estimate of drug-likeness (QED) is 0.683. The van der Waals surface area contributed by atoms with Gasteiger partial charge in [0, 0.05) is 13.6 Å². The van der Waals surface area contributed by atoms with Crippen LogP contribution in [0.4, 0.5) is 0 Å². The van der Waals surface area contributed by atoms with Gasteiger partial charge in [0.1, 0.15) is 0 Å². The van der Waals surface area contributed by atoms with E-state index >= 15 is 0 Å². The summed E-state index contributed by atoms with van der Waals surface area (Å²) in [6, 6.07) is 2.10. The van der Waals surface area contributed by atoms with Gasteiger partial charge in [-0.3, -0.25) is 4.68 Å². The summed E-state index contributed by atoms with van der Waals surface area (Å²) in [5.41, 5.74) is 2.26. The van der Waals surface area contributed by atoms with Crippen LogP contribution in [0.25, 0.3) is 0 Å². The average molecular weight is 197 g/mol. The van der Waals surface area contributed by atoms with Crippen molar-refractivity contribution < 1.29 is 4.74 Å². The lowest BCUT2D eigenvalue weighted by Crippen LogP contribution is -2.14. The Balaban J connectivity index is 2.38. The molecule has 0 saturated heterocycles. The van der Waals surface area contributed by atoms with E-state index in [1.807, 2.05) is 18.8 Å². The topological polar surface area (TPSA) is 39.1 Å². The van der Waals surface area contributed by atoms with Gasteiger partial charge in [-0.2, -0.15) is 5.10 Å². The van der Waals surface area contributed by atoms with Crippen LogP contribution >= 0.6 is 0 Å². The van der Waals surface area contributed by atoms with E-state index in [1.54, 1.807) is 0 Å². The van der Waals surface area contributed by atoms with Gasteiger partial charge in [-0.1, -0.05) is 6.92 Å². The smallest absolute Gasteiger partial charge is 0.0885 e. The van der Waals surface area contributed by atoms with E-state index in [2.05, 4.69) is 23.4 Å². The van der Waals surface area contributed by atoms with Crippen LogP contribution in [-0.4, -0.2) is 30.0 Å². The predicted molar refractivity (Wildman–Crippen MR) is 56.2 cm³/mol. The highest BCUT2D eigenvalue weighted by molar-refractivity contribution is 5.09. The molecule has 0 radical (unpaired) electrons. The highest BCUT2D eigenvalue weighted by Gasteiger charge is 2.02. The molecular formula is C10H19N3O. The molecule has 0 aromatic carbocycles. The molecule has 0 aliphatic rings. The van der Waals surface area contributed by atoms with Gasteiger partial charge in [-0.05, 0) is 19.5 Å². The molecule has 1 heterocycles. The zero-order valence-corrected chi connectivity index (χ0v) is 9.21. The van der Waals surface area contributed by atoms with E-state index in [0.717, 1.165) is 31.0 Å². The Labute approximate surface area is 85.3 Å². The predicted octanol–water partition coefficient (Wildman–Crippen LogP) is 0.718. The van der Waals surface area contributed by atoms with Gasteiger partial charge in [-0.15, -0.1) is 0 Å². The van der Waals surface area contributed by atoms with Crippen molar-refractivity contribution in [2.45, 2.75) is 20.0 Å². The Morgan fingerprint density at radius 2 is 2.36 bits per heavy atom. The highest BCUT2D eigenvalue weighted by Crippen LogP contribution is 2.04. The Morgan fingerprint density at radius 3 is 2.93 bits per heavy atom. The first kappa shape index (κ1) is 11.2. The molecule has 1 N–H and O–H groups in total. The summed E-state index contributed by atoms with van der Waals surface area (Å²) in [6.07, 6.45) is 0.977. The highest BCUT2D eigenvalue weighted by atomic mass is 16.5. The largest absolute Gasteiger partial charge is 0.374 e. The van der Waals surface area contributed by atoms with Crippen LogP contribution in [0, 0.1) is 0 Å².